The van der Waals surface area contributed by atoms with E-state index in [0.29, 0.717) is 0 Å². The van der Waals surface area contributed by atoms with Crippen LogP contribution in [0.4, 0.5) is 0 Å². The summed E-state index contributed by atoms with van der Waals surface area (Å²) in [5, 5.41) is 12.5. The van der Waals surface area contributed by atoms with Crippen molar-refractivity contribution < 1.29 is 9.90 Å². The van der Waals surface area contributed by atoms with E-state index >= 15 is 0 Å². The highest BCUT2D eigenvalue weighted by Gasteiger charge is 2.27. The Morgan fingerprint density at radius 3 is 2.61 bits per heavy atom. The van der Waals surface area contributed by atoms with Gasteiger partial charge in [0.05, 0.1) is 0 Å². The predicted octanol–water partition coefficient (Wildman–Crippen LogP) is 3.37. The van der Waals surface area contributed by atoms with Crippen molar-refractivity contribution in [1.29, 1.82) is 0 Å². The third kappa shape index (κ3) is 2.26. The Balaban J connectivity index is 2.51. The molecule has 18 heavy (non-hydrogen) atoms. The summed E-state index contributed by atoms with van der Waals surface area (Å²) in [6.45, 7) is 5.46. The molecule has 1 aromatic carbocycles. The lowest BCUT2D eigenvalue weighted by atomic mass is 10.0. The van der Waals surface area contributed by atoms with Crippen molar-refractivity contribution in [2.24, 2.45) is 0 Å². The van der Waals surface area contributed by atoms with Gasteiger partial charge >= 0.3 is 5.97 Å². The van der Waals surface area contributed by atoms with Crippen LogP contribution in [0.1, 0.15) is 25.5 Å². The molecule has 0 bridgehead atoms. The Morgan fingerprint density at radius 1 is 1.33 bits per heavy atom. The van der Waals surface area contributed by atoms with Gasteiger partial charge in [-0.05, 0) is 35.5 Å². The molecule has 0 fully saturated rings. The van der Waals surface area contributed by atoms with E-state index in [4.69, 9.17) is 0 Å². The van der Waals surface area contributed by atoms with E-state index in [9.17, 15) is 9.90 Å². The molecular formula is C14H17NO2S. The summed E-state index contributed by atoms with van der Waals surface area (Å²) in [5.74, 6) is -0.776. The van der Waals surface area contributed by atoms with E-state index in [0.717, 1.165) is 28.7 Å². The first-order valence-electron chi connectivity index (χ1n) is 6.12. The van der Waals surface area contributed by atoms with Gasteiger partial charge in [0.2, 0.25) is 0 Å². The van der Waals surface area contributed by atoms with Crippen molar-refractivity contribution in [3.05, 3.63) is 35.2 Å². The van der Waals surface area contributed by atoms with Gasteiger partial charge in [-0.1, -0.05) is 32.0 Å². The van der Waals surface area contributed by atoms with Crippen LogP contribution in [0.5, 0.6) is 0 Å². The Labute approximate surface area is 111 Å². The molecule has 2 aromatic rings. The number of rotatable bonds is 5. The Bertz CT molecular complexity index is 545. The third-order valence-electron chi connectivity index (χ3n) is 3.22. The number of likely N-dealkylation sites (N-methyl/N-ethyl adjacent to an activating group) is 1. The van der Waals surface area contributed by atoms with Crippen molar-refractivity contribution >= 4 is 27.4 Å². The zero-order valence-electron chi connectivity index (χ0n) is 10.6. The zero-order chi connectivity index (χ0) is 13.1. The minimum absolute atomic E-state index is 0.545. The largest absolute Gasteiger partial charge is 0.480 e. The molecule has 0 radical (unpaired) electrons. The first kappa shape index (κ1) is 13.1. The molecule has 1 aromatic heterocycles. The van der Waals surface area contributed by atoms with Crippen LogP contribution in [0.3, 0.4) is 0 Å². The Morgan fingerprint density at radius 2 is 2.00 bits per heavy atom. The van der Waals surface area contributed by atoms with Gasteiger partial charge < -0.3 is 5.11 Å². The third-order valence-corrected chi connectivity index (χ3v) is 4.20. The molecule has 0 amide bonds. The fourth-order valence-corrected chi connectivity index (χ4v) is 3.26. The van der Waals surface area contributed by atoms with E-state index in [2.05, 4.69) is 0 Å². The second-order valence-corrected chi connectivity index (χ2v) is 5.06. The minimum Gasteiger partial charge on any atom is -0.480 e. The summed E-state index contributed by atoms with van der Waals surface area (Å²) in [7, 11) is 0. The monoisotopic (exact) mass is 263 g/mol. The molecule has 2 rings (SSSR count). The zero-order valence-corrected chi connectivity index (χ0v) is 11.4. The lowest BCUT2D eigenvalue weighted by molar-refractivity contribution is -0.143. The highest BCUT2D eigenvalue weighted by Crippen LogP contribution is 2.33. The standard InChI is InChI=1S/C14H17NO2S/c1-3-15(4-2)13(14(16)17)11-9-18-12-8-6-5-7-10(11)12/h5-9,13H,3-4H2,1-2H3,(H,16,17). The molecule has 0 aliphatic carbocycles. The Kier molecular flexibility index (Phi) is 3.99. The van der Waals surface area contributed by atoms with E-state index in [1.54, 1.807) is 11.3 Å². The maximum atomic E-state index is 11.6. The van der Waals surface area contributed by atoms with Crippen LogP contribution in [0.15, 0.2) is 29.6 Å². The summed E-state index contributed by atoms with van der Waals surface area (Å²) in [6, 6.07) is 7.43. The van der Waals surface area contributed by atoms with E-state index in [1.165, 1.54) is 0 Å². The fraction of sp³-hybridized carbons (Fsp3) is 0.357. The summed E-state index contributed by atoms with van der Waals surface area (Å²) in [6.07, 6.45) is 0. The predicted molar refractivity (Wildman–Crippen MR) is 75.1 cm³/mol. The van der Waals surface area contributed by atoms with Gasteiger partial charge in [-0.2, -0.15) is 0 Å². The van der Waals surface area contributed by atoms with Crippen LogP contribution >= 0.6 is 11.3 Å². The smallest absolute Gasteiger partial charge is 0.325 e. The number of carboxylic acid groups (broad SMARTS) is 1. The van der Waals surface area contributed by atoms with Crippen LogP contribution in [0.25, 0.3) is 10.1 Å². The average molecular weight is 263 g/mol. The number of nitrogens with zero attached hydrogens (tertiary/aromatic N) is 1. The molecule has 1 atom stereocenters. The number of fused-ring (bicyclic) bond motifs is 1. The lowest BCUT2D eigenvalue weighted by Gasteiger charge is -2.26. The maximum Gasteiger partial charge on any atom is 0.325 e. The second-order valence-electron chi connectivity index (χ2n) is 4.15. The summed E-state index contributed by atoms with van der Waals surface area (Å²) in [4.78, 5) is 13.5. The normalized spacial score (nSPS) is 13.1. The molecule has 1 unspecified atom stereocenters. The second kappa shape index (κ2) is 5.50. The number of carbonyl (C=O) groups is 1. The molecule has 96 valence electrons. The molecule has 0 spiro atoms. The van der Waals surface area contributed by atoms with Crippen LogP contribution in [-0.2, 0) is 4.79 Å². The van der Waals surface area contributed by atoms with Gasteiger partial charge in [0.1, 0.15) is 6.04 Å². The van der Waals surface area contributed by atoms with E-state index in [1.807, 2.05) is 48.4 Å². The van der Waals surface area contributed by atoms with Crippen molar-refractivity contribution in [3.8, 4) is 0 Å². The van der Waals surface area contributed by atoms with Crippen molar-refractivity contribution in [1.82, 2.24) is 4.90 Å². The first-order valence-corrected chi connectivity index (χ1v) is 7.00. The molecule has 0 saturated carbocycles. The number of carboxylic acids is 1. The molecule has 0 aliphatic rings. The van der Waals surface area contributed by atoms with Crippen LogP contribution < -0.4 is 0 Å². The van der Waals surface area contributed by atoms with Gasteiger partial charge in [-0.25, -0.2) is 0 Å². The SMILES string of the molecule is CCN(CC)C(C(=O)O)c1csc2ccccc12. The number of hydrogen-bond acceptors (Lipinski definition) is 3. The molecule has 0 saturated heterocycles. The summed E-state index contributed by atoms with van der Waals surface area (Å²) < 4.78 is 1.14. The summed E-state index contributed by atoms with van der Waals surface area (Å²) in [5.41, 5.74) is 0.909. The summed E-state index contributed by atoms with van der Waals surface area (Å²) >= 11 is 1.61. The number of aliphatic carboxylic acids is 1. The van der Waals surface area contributed by atoms with Gasteiger partial charge in [0.15, 0.2) is 0 Å². The average Bonchev–Trinajstić information content (AvgIpc) is 2.79. The highest BCUT2D eigenvalue weighted by molar-refractivity contribution is 7.17. The van der Waals surface area contributed by atoms with Crippen LogP contribution in [0, 0.1) is 0 Å². The first-order chi connectivity index (χ1) is 8.69. The number of hydrogen-bond donors (Lipinski definition) is 1. The van der Waals surface area contributed by atoms with Gasteiger partial charge in [-0.15, -0.1) is 11.3 Å². The molecular weight excluding hydrogens is 246 g/mol. The lowest BCUT2D eigenvalue weighted by Crippen LogP contribution is -2.33. The van der Waals surface area contributed by atoms with Crippen molar-refractivity contribution in [3.63, 3.8) is 0 Å². The highest BCUT2D eigenvalue weighted by atomic mass is 32.1. The van der Waals surface area contributed by atoms with Gasteiger partial charge in [0.25, 0.3) is 0 Å². The fourth-order valence-electron chi connectivity index (χ4n) is 2.28. The molecule has 4 heteroatoms. The molecule has 0 aliphatic heterocycles. The quantitative estimate of drug-likeness (QED) is 0.899. The maximum absolute atomic E-state index is 11.6. The van der Waals surface area contributed by atoms with Crippen molar-refractivity contribution in [2.75, 3.05) is 13.1 Å². The van der Waals surface area contributed by atoms with E-state index < -0.39 is 12.0 Å². The number of benzene rings is 1. The molecule has 1 N–H and O–H groups in total. The van der Waals surface area contributed by atoms with Crippen LogP contribution in [0.2, 0.25) is 0 Å². The topological polar surface area (TPSA) is 40.5 Å². The van der Waals surface area contributed by atoms with Gasteiger partial charge in [-0.3, -0.25) is 9.69 Å². The van der Waals surface area contributed by atoms with Crippen molar-refractivity contribution in [2.45, 2.75) is 19.9 Å². The van der Waals surface area contributed by atoms with Gasteiger partial charge in [0, 0.05) is 4.70 Å². The molecule has 1 heterocycles. The van der Waals surface area contributed by atoms with E-state index in [-0.39, 0.29) is 0 Å². The number of thiophene rings is 1. The Hall–Kier alpha value is -1.39. The minimum atomic E-state index is -0.776. The van der Waals surface area contributed by atoms with Crippen LogP contribution in [-0.4, -0.2) is 29.1 Å². The molecule has 3 nitrogen and oxygen atoms in total.